The molecule has 2 heteroatoms. The number of hydrogen-bond acceptors (Lipinski definition) is 1. The third-order valence-corrected chi connectivity index (χ3v) is 2.04. The Balaban J connectivity index is 3.03. The standard InChI is InChI=1S/C11H14ClO/c1-4-13-11-6-5-9(12)7-10(11)8(2)3/h5-8H,2,4H2,1,3H3. The first-order chi connectivity index (χ1) is 6.15. The fraction of sp³-hybridized carbons (Fsp3) is 0.364. The van der Waals surface area contributed by atoms with Crippen LogP contribution in [0.2, 0.25) is 5.02 Å². The van der Waals surface area contributed by atoms with Gasteiger partial charge in [-0.15, -0.1) is 0 Å². The molecule has 0 aliphatic heterocycles. The van der Waals surface area contributed by atoms with Crippen molar-refractivity contribution in [3.05, 3.63) is 35.7 Å². The van der Waals surface area contributed by atoms with Gasteiger partial charge in [0.1, 0.15) is 5.75 Å². The van der Waals surface area contributed by atoms with E-state index in [1.54, 1.807) is 0 Å². The first kappa shape index (κ1) is 10.4. The second-order valence-corrected chi connectivity index (χ2v) is 3.45. The van der Waals surface area contributed by atoms with Gasteiger partial charge in [0.2, 0.25) is 0 Å². The van der Waals surface area contributed by atoms with E-state index < -0.39 is 0 Å². The molecule has 0 fully saturated rings. The minimum absolute atomic E-state index is 0.195. The van der Waals surface area contributed by atoms with Crippen LogP contribution in [0.5, 0.6) is 5.75 Å². The highest BCUT2D eigenvalue weighted by Crippen LogP contribution is 2.28. The zero-order valence-corrected chi connectivity index (χ0v) is 8.77. The highest BCUT2D eigenvalue weighted by molar-refractivity contribution is 6.30. The van der Waals surface area contributed by atoms with Gasteiger partial charge in [-0.3, -0.25) is 0 Å². The molecular weight excluding hydrogens is 184 g/mol. The predicted molar refractivity (Wildman–Crippen MR) is 56.4 cm³/mol. The van der Waals surface area contributed by atoms with Crippen LogP contribution in [0.15, 0.2) is 18.2 Å². The van der Waals surface area contributed by atoms with Crippen molar-refractivity contribution < 1.29 is 4.74 Å². The van der Waals surface area contributed by atoms with Gasteiger partial charge in [-0.05, 0) is 43.5 Å². The van der Waals surface area contributed by atoms with Crippen molar-refractivity contribution in [3.8, 4) is 5.75 Å². The van der Waals surface area contributed by atoms with E-state index in [0.717, 1.165) is 16.3 Å². The van der Waals surface area contributed by atoms with Gasteiger partial charge >= 0.3 is 0 Å². The zero-order chi connectivity index (χ0) is 9.84. The van der Waals surface area contributed by atoms with Crippen molar-refractivity contribution in [2.24, 2.45) is 0 Å². The van der Waals surface area contributed by atoms with Crippen molar-refractivity contribution >= 4 is 11.6 Å². The van der Waals surface area contributed by atoms with Crippen LogP contribution in [0.4, 0.5) is 0 Å². The van der Waals surface area contributed by atoms with E-state index >= 15 is 0 Å². The Morgan fingerprint density at radius 3 is 2.77 bits per heavy atom. The third kappa shape index (κ3) is 2.63. The minimum atomic E-state index is 0.195. The van der Waals surface area contributed by atoms with E-state index in [-0.39, 0.29) is 5.92 Å². The molecule has 1 unspecified atom stereocenters. The van der Waals surface area contributed by atoms with E-state index in [1.807, 2.05) is 32.0 Å². The summed E-state index contributed by atoms with van der Waals surface area (Å²) in [5, 5.41) is 0.731. The van der Waals surface area contributed by atoms with Crippen LogP contribution in [0.1, 0.15) is 25.3 Å². The second kappa shape index (κ2) is 4.52. The van der Waals surface area contributed by atoms with Gasteiger partial charge in [0.25, 0.3) is 0 Å². The first-order valence-electron chi connectivity index (χ1n) is 4.40. The normalized spacial score (nSPS) is 10.5. The van der Waals surface area contributed by atoms with E-state index in [9.17, 15) is 0 Å². The summed E-state index contributed by atoms with van der Waals surface area (Å²) in [6, 6.07) is 5.63. The van der Waals surface area contributed by atoms with E-state index in [4.69, 9.17) is 16.3 Å². The molecule has 0 aliphatic carbocycles. The molecule has 1 aromatic carbocycles. The predicted octanol–water partition coefficient (Wildman–Crippen LogP) is 3.68. The number of rotatable bonds is 3. The van der Waals surface area contributed by atoms with Crippen LogP contribution in [0, 0.1) is 6.92 Å². The lowest BCUT2D eigenvalue weighted by Gasteiger charge is -2.12. The molecule has 0 saturated carbocycles. The van der Waals surface area contributed by atoms with Crippen molar-refractivity contribution in [1.82, 2.24) is 0 Å². The van der Waals surface area contributed by atoms with Crippen LogP contribution in [-0.2, 0) is 0 Å². The number of ether oxygens (including phenoxy) is 1. The Morgan fingerprint density at radius 2 is 2.23 bits per heavy atom. The maximum Gasteiger partial charge on any atom is 0.122 e. The van der Waals surface area contributed by atoms with Gasteiger partial charge in [0, 0.05) is 5.02 Å². The lowest BCUT2D eigenvalue weighted by molar-refractivity contribution is 0.336. The Labute approximate surface area is 84.7 Å². The summed E-state index contributed by atoms with van der Waals surface area (Å²) in [7, 11) is 0. The molecule has 1 radical (unpaired) electrons. The zero-order valence-electron chi connectivity index (χ0n) is 8.01. The van der Waals surface area contributed by atoms with Gasteiger partial charge in [-0.2, -0.15) is 0 Å². The summed E-state index contributed by atoms with van der Waals surface area (Å²) in [5.74, 6) is 1.08. The average Bonchev–Trinajstić information content (AvgIpc) is 2.08. The van der Waals surface area contributed by atoms with Gasteiger partial charge in [-0.1, -0.05) is 18.5 Å². The smallest absolute Gasteiger partial charge is 0.122 e. The number of hydrogen-bond donors (Lipinski definition) is 0. The van der Waals surface area contributed by atoms with Gasteiger partial charge in [-0.25, -0.2) is 0 Å². The summed E-state index contributed by atoms with van der Waals surface area (Å²) in [6.45, 7) is 8.61. The summed E-state index contributed by atoms with van der Waals surface area (Å²) < 4.78 is 5.45. The Morgan fingerprint density at radius 1 is 1.54 bits per heavy atom. The van der Waals surface area contributed by atoms with E-state index in [0.29, 0.717) is 6.61 Å². The molecule has 0 aromatic heterocycles. The molecule has 1 rings (SSSR count). The highest BCUT2D eigenvalue weighted by Gasteiger charge is 2.07. The molecule has 1 aromatic rings. The molecule has 0 aliphatic rings. The maximum absolute atomic E-state index is 5.88. The Hall–Kier alpha value is -0.690. The Bertz CT molecular complexity index is 281. The van der Waals surface area contributed by atoms with E-state index in [2.05, 4.69) is 6.92 Å². The van der Waals surface area contributed by atoms with Crippen molar-refractivity contribution in [3.63, 3.8) is 0 Å². The second-order valence-electron chi connectivity index (χ2n) is 3.02. The van der Waals surface area contributed by atoms with Crippen molar-refractivity contribution in [1.29, 1.82) is 0 Å². The van der Waals surface area contributed by atoms with E-state index in [1.165, 1.54) is 0 Å². The highest BCUT2D eigenvalue weighted by atomic mass is 35.5. The summed E-state index contributed by atoms with van der Waals surface area (Å²) >= 11 is 5.88. The molecule has 0 heterocycles. The third-order valence-electron chi connectivity index (χ3n) is 1.80. The Kier molecular flexibility index (Phi) is 3.61. The first-order valence-corrected chi connectivity index (χ1v) is 4.78. The monoisotopic (exact) mass is 197 g/mol. The fourth-order valence-electron chi connectivity index (χ4n) is 1.19. The molecule has 71 valence electrons. The quantitative estimate of drug-likeness (QED) is 0.719. The summed E-state index contributed by atoms with van der Waals surface area (Å²) in [6.07, 6.45) is 0. The van der Waals surface area contributed by atoms with Crippen molar-refractivity contribution in [2.75, 3.05) is 6.61 Å². The molecule has 1 atom stereocenters. The van der Waals surface area contributed by atoms with Crippen molar-refractivity contribution in [2.45, 2.75) is 19.8 Å². The van der Waals surface area contributed by atoms with Gasteiger partial charge in [0.05, 0.1) is 6.61 Å². The number of halogens is 1. The lowest BCUT2D eigenvalue weighted by atomic mass is 10.0. The van der Waals surface area contributed by atoms with Gasteiger partial charge in [0.15, 0.2) is 0 Å². The SMILES string of the molecule is [CH2]C(C)c1cc(Cl)ccc1OCC. The minimum Gasteiger partial charge on any atom is -0.494 e. The molecule has 0 N–H and O–H groups in total. The largest absolute Gasteiger partial charge is 0.494 e. The van der Waals surface area contributed by atoms with Gasteiger partial charge < -0.3 is 4.74 Å². The molecule has 1 nitrogen and oxygen atoms in total. The average molecular weight is 198 g/mol. The summed E-state index contributed by atoms with van der Waals surface area (Å²) in [5.41, 5.74) is 1.06. The van der Waals surface area contributed by atoms with Crippen LogP contribution < -0.4 is 4.74 Å². The van der Waals surface area contributed by atoms with Crippen LogP contribution in [0.25, 0.3) is 0 Å². The lowest BCUT2D eigenvalue weighted by Crippen LogP contribution is -1.98. The van der Waals surface area contributed by atoms with Crippen LogP contribution in [-0.4, -0.2) is 6.61 Å². The molecule has 0 bridgehead atoms. The molecule has 0 saturated heterocycles. The number of benzene rings is 1. The molecule has 13 heavy (non-hydrogen) atoms. The molecular formula is C11H14ClO. The molecule has 0 amide bonds. The fourth-order valence-corrected chi connectivity index (χ4v) is 1.37. The summed E-state index contributed by atoms with van der Waals surface area (Å²) in [4.78, 5) is 0. The molecule has 0 spiro atoms. The topological polar surface area (TPSA) is 9.23 Å². The van der Waals surface area contributed by atoms with Crippen LogP contribution in [0.3, 0.4) is 0 Å². The van der Waals surface area contributed by atoms with Crippen LogP contribution >= 0.6 is 11.6 Å². The maximum atomic E-state index is 5.88.